The van der Waals surface area contributed by atoms with Crippen LogP contribution in [0.2, 0.25) is 0 Å². The van der Waals surface area contributed by atoms with Crippen molar-refractivity contribution in [3.05, 3.63) is 145 Å². The molecular weight excluding hydrogens is 581 g/mol. The minimum Gasteiger partial charge on any atom is -0.159 e. The molecule has 0 saturated carbocycles. The van der Waals surface area contributed by atoms with Crippen molar-refractivity contribution in [2.45, 2.75) is 52.4 Å². The highest BCUT2D eigenvalue weighted by Crippen LogP contribution is 2.47. The Morgan fingerprint density at radius 2 is 1.00 bits per heavy atom. The lowest BCUT2D eigenvalue weighted by Crippen LogP contribution is -2.11. The van der Waals surface area contributed by atoms with Gasteiger partial charge in [-0.15, -0.1) is 0 Å². The van der Waals surface area contributed by atoms with Crippen molar-refractivity contribution < 1.29 is 0 Å². The van der Waals surface area contributed by atoms with Crippen molar-refractivity contribution in [3.63, 3.8) is 0 Å². The van der Waals surface area contributed by atoms with E-state index in [1.54, 1.807) is 6.20 Å². The van der Waals surface area contributed by atoms with Crippen LogP contribution in [-0.4, -0.2) is 10.2 Å². The summed E-state index contributed by atoms with van der Waals surface area (Å²) in [6.45, 7) is 13.8. The van der Waals surface area contributed by atoms with Crippen LogP contribution in [0, 0.1) is 0 Å². The van der Waals surface area contributed by atoms with Crippen molar-refractivity contribution >= 4 is 43.1 Å². The highest BCUT2D eigenvalue weighted by Gasteiger charge is 2.23. The molecule has 0 aliphatic heterocycles. The Hall–Kier alpha value is -5.34. The smallest absolute Gasteiger partial charge is 0.0575 e. The zero-order valence-corrected chi connectivity index (χ0v) is 28.6. The monoisotopic (exact) mass is 620 g/mol. The number of rotatable bonds is 3. The van der Waals surface area contributed by atoms with E-state index in [1.165, 1.54) is 82.0 Å². The first-order valence-corrected chi connectivity index (χ1v) is 16.9. The van der Waals surface area contributed by atoms with E-state index in [1.807, 2.05) is 6.20 Å². The molecule has 234 valence electrons. The Morgan fingerprint density at radius 3 is 1.60 bits per heavy atom. The van der Waals surface area contributed by atoms with Gasteiger partial charge < -0.3 is 0 Å². The fraction of sp³-hybridized carbons (Fsp3) is 0.174. The summed E-state index contributed by atoms with van der Waals surface area (Å²) in [5.74, 6) is 0. The van der Waals surface area contributed by atoms with Gasteiger partial charge in [-0.25, -0.2) is 0 Å². The Bertz CT molecular complexity index is 2500. The second-order valence-electron chi connectivity index (χ2n) is 15.2. The molecule has 7 aromatic carbocycles. The molecule has 0 radical (unpaired) electrons. The second-order valence-corrected chi connectivity index (χ2v) is 15.2. The molecule has 2 nitrogen and oxygen atoms in total. The van der Waals surface area contributed by atoms with E-state index < -0.39 is 0 Å². The van der Waals surface area contributed by atoms with E-state index in [4.69, 9.17) is 0 Å². The molecule has 0 unspecified atom stereocenters. The lowest BCUT2D eigenvalue weighted by molar-refractivity contribution is 0.590. The summed E-state index contributed by atoms with van der Waals surface area (Å²) in [5.41, 5.74) is 9.94. The molecule has 0 aliphatic rings. The van der Waals surface area contributed by atoms with Crippen LogP contribution in [0.25, 0.3) is 76.5 Å². The molecule has 8 aromatic rings. The minimum absolute atomic E-state index is 0.00230. The predicted molar refractivity (Wildman–Crippen MR) is 206 cm³/mol. The third kappa shape index (κ3) is 5.04. The molecule has 0 saturated heterocycles. The number of benzene rings is 7. The quantitative estimate of drug-likeness (QED) is 0.145. The zero-order valence-electron chi connectivity index (χ0n) is 28.6. The molecule has 1 heterocycles. The van der Waals surface area contributed by atoms with Crippen LogP contribution in [0.1, 0.15) is 52.7 Å². The number of nitrogens with zero attached hydrogens (tertiary/aromatic N) is 2. The molecule has 0 fully saturated rings. The highest BCUT2D eigenvalue weighted by atomic mass is 15.1. The SMILES string of the molecule is CC(C)(C)c1ccc2c(-c3ccc4cc(-c5ccccc5)c5ccccc5c4c3)c3cc(C(C)(C)C)ccc3c(-c3ccnnc3)c2c1. The normalized spacial score (nSPS) is 12.4. The van der Waals surface area contributed by atoms with Crippen LogP contribution in [0.5, 0.6) is 0 Å². The molecular formula is C46H40N2. The van der Waals surface area contributed by atoms with Gasteiger partial charge in [-0.1, -0.05) is 133 Å². The maximum Gasteiger partial charge on any atom is 0.0575 e. The first-order chi connectivity index (χ1) is 23.1. The largest absolute Gasteiger partial charge is 0.159 e. The standard InChI is InChI=1S/C46H40N2/c1-45(2,3)33-19-21-38-41(26-33)43(37-20-18-34(46(4,5)6)27-42(37)44(38)32-22-23-47-48-28-32)31-17-16-30-24-39(29-12-8-7-9-13-29)35-14-10-11-15-36(35)40(30)25-31/h7-28H,1-6H3. The van der Waals surface area contributed by atoms with Gasteiger partial charge >= 0.3 is 0 Å². The highest BCUT2D eigenvalue weighted by molar-refractivity contribution is 6.23. The van der Waals surface area contributed by atoms with Crippen LogP contribution in [0.3, 0.4) is 0 Å². The summed E-state index contributed by atoms with van der Waals surface area (Å²) in [6, 6.07) is 45.3. The third-order valence-electron chi connectivity index (χ3n) is 9.96. The Morgan fingerprint density at radius 1 is 0.396 bits per heavy atom. The summed E-state index contributed by atoms with van der Waals surface area (Å²) in [5, 5.41) is 18.5. The van der Waals surface area contributed by atoms with Crippen LogP contribution in [0.15, 0.2) is 134 Å². The average Bonchev–Trinajstić information content (AvgIpc) is 3.09. The predicted octanol–water partition coefficient (Wildman–Crippen LogP) is 12.7. The van der Waals surface area contributed by atoms with Gasteiger partial charge in [0.25, 0.3) is 0 Å². The lowest BCUT2D eigenvalue weighted by Gasteiger charge is -2.25. The van der Waals surface area contributed by atoms with E-state index in [-0.39, 0.29) is 10.8 Å². The van der Waals surface area contributed by atoms with Gasteiger partial charge in [0.05, 0.1) is 12.4 Å². The molecule has 8 rings (SSSR count). The zero-order chi connectivity index (χ0) is 33.2. The minimum atomic E-state index is 0.00230. The summed E-state index contributed by atoms with van der Waals surface area (Å²) < 4.78 is 0. The summed E-state index contributed by atoms with van der Waals surface area (Å²) in [4.78, 5) is 0. The van der Waals surface area contributed by atoms with Crippen molar-refractivity contribution in [3.8, 4) is 33.4 Å². The Balaban J connectivity index is 1.51. The van der Waals surface area contributed by atoms with Crippen LogP contribution >= 0.6 is 0 Å². The molecule has 0 bridgehead atoms. The Labute approximate surface area is 283 Å². The molecule has 0 N–H and O–H groups in total. The number of hydrogen-bond acceptors (Lipinski definition) is 2. The van der Waals surface area contributed by atoms with Crippen molar-refractivity contribution in [1.29, 1.82) is 0 Å². The molecule has 0 spiro atoms. The molecule has 2 heteroatoms. The van der Waals surface area contributed by atoms with Gasteiger partial charge in [-0.3, -0.25) is 0 Å². The first-order valence-electron chi connectivity index (χ1n) is 16.9. The van der Waals surface area contributed by atoms with E-state index in [0.717, 1.165) is 5.56 Å². The number of fused-ring (bicyclic) bond motifs is 5. The van der Waals surface area contributed by atoms with Crippen LogP contribution in [0.4, 0.5) is 0 Å². The maximum atomic E-state index is 4.33. The van der Waals surface area contributed by atoms with Gasteiger partial charge in [0, 0.05) is 5.56 Å². The van der Waals surface area contributed by atoms with E-state index in [9.17, 15) is 0 Å². The van der Waals surface area contributed by atoms with Crippen molar-refractivity contribution in [1.82, 2.24) is 10.2 Å². The fourth-order valence-corrected chi connectivity index (χ4v) is 7.34. The van der Waals surface area contributed by atoms with E-state index in [0.29, 0.717) is 0 Å². The van der Waals surface area contributed by atoms with Gasteiger partial charge in [-0.05, 0) is 123 Å². The first kappa shape index (κ1) is 30.0. The number of hydrogen-bond donors (Lipinski definition) is 0. The van der Waals surface area contributed by atoms with Gasteiger partial charge in [0.15, 0.2) is 0 Å². The van der Waals surface area contributed by atoms with E-state index >= 15 is 0 Å². The average molecular weight is 621 g/mol. The molecule has 0 aliphatic carbocycles. The molecule has 1 aromatic heterocycles. The number of aromatic nitrogens is 2. The third-order valence-corrected chi connectivity index (χ3v) is 9.96. The second kappa shape index (κ2) is 11.1. The van der Waals surface area contributed by atoms with Gasteiger partial charge in [0.2, 0.25) is 0 Å². The van der Waals surface area contributed by atoms with Gasteiger partial charge in [-0.2, -0.15) is 10.2 Å². The topological polar surface area (TPSA) is 25.8 Å². The molecule has 0 amide bonds. The molecule has 48 heavy (non-hydrogen) atoms. The fourth-order valence-electron chi connectivity index (χ4n) is 7.34. The van der Waals surface area contributed by atoms with Gasteiger partial charge in [0.1, 0.15) is 0 Å². The van der Waals surface area contributed by atoms with Crippen LogP contribution < -0.4 is 0 Å². The van der Waals surface area contributed by atoms with E-state index in [2.05, 4.69) is 173 Å². The maximum absolute atomic E-state index is 4.33. The lowest BCUT2D eigenvalue weighted by atomic mass is 9.79. The molecule has 0 atom stereocenters. The summed E-state index contributed by atoms with van der Waals surface area (Å²) in [7, 11) is 0. The Kier molecular flexibility index (Phi) is 6.96. The van der Waals surface area contributed by atoms with Crippen molar-refractivity contribution in [2.24, 2.45) is 0 Å². The summed E-state index contributed by atoms with van der Waals surface area (Å²) in [6.07, 6.45) is 3.71. The van der Waals surface area contributed by atoms with Crippen LogP contribution in [-0.2, 0) is 10.8 Å². The van der Waals surface area contributed by atoms with Crippen molar-refractivity contribution in [2.75, 3.05) is 0 Å². The summed E-state index contributed by atoms with van der Waals surface area (Å²) >= 11 is 0.